The quantitative estimate of drug-likeness (QED) is 0.906. The lowest BCUT2D eigenvalue weighted by molar-refractivity contribution is 0.120. The Morgan fingerprint density at radius 2 is 2.28 bits per heavy atom. The van der Waals surface area contributed by atoms with Crippen molar-refractivity contribution < 1.29 is 0 Å². The second-order valence-electron chi connectivity index (χ2n) is 5.76. The predicted octanol–water partition coefficient (Wildman–Crippen LogP) is 3.29. The van der Waals surface area contributed by atoms with Crippen LogP contribution in [0.4, 0.5) is 0 Å². The maximum atomic E-state index is 6.05. The summed E-state index contributed by atoms with van der Waals surface area (Å²) in [4.78, 5) is 2.42. The summed E-state index contributed by atoms with van der Waals surface area (Å²) < 4.78 is 0. The highest BCUT2D eigenvalue weighted by Crippen LogP contribution is 2.38. The molecule has 2 unspecified atom stereocenters. The van der Waals surface area contributed by atoms with Gasteiger partial charge in [0, 0.05) is 23.7 Å². The van der Waals surface area contributed by atoms with E-state index in [4.69, 9.17) is 17.3 Å². The third-order valence-electron chi connectivity index (χ3n) is 4.33. The Labute approximate surface area is 115 Å². The molecule has 1 aromatic rings. The lowest BCUT2D eigenvalue weighted by atomic mass is 9.94. The molecular formula is C15H23ClN2. The minimum Gasteiger partial charge on any atom is -0.329 e. The first-order valence-corrected chi connectivity index (χ1v) is 7.09. The van der Waals surface area contributed by atoms with Crippen molar-refractivity contribution in [3.8, 4) is 0 Å². The van der Waals surface area contributed by atoms with Gasteiger partial charge in [-0.05, 0) is 49.9 Å². The van der Waals surface area contributed by atoms with Crippen molar-refractivity contribution in [3.63, 3.8) is 0 Å². The van der Waals surface area contributed by atoms with Crippen LogP contribution in [-0.2, 0) is 6.54 Å². The predicted molar refractivity (Wildman–Crippen MR) is 77.7 cm³/mol. The van der Waals surface area contributed by atoms with Crippen molar-refractivity contribution in [2.75, 3.05) is 13.6 Å². The van der Waals surface area contributed by atoms with E-state index in [1.54, 1.807) is 0 Å². The van der Waals surface area contributed by atoms with Gasteiger partial charge in [0.25, 0.3) is 0 Å². The Morgan fingerprint density at radius 3 is 2.83 bits per heavy atom. The Kier molecular flexibility index (Phi) is 4.31. The molecule has 0 saturated heterocycles. The third kappa shape index (κ3) is 2.87. The zero-order valence-corrected chi connectivity index (χ0v) is 12.1. The van der Waals surface area contributed by atoms with E-state index in [-0.39, 0.29) is 5.54 Å². The maximum absolute atomic E-state index is 6.05. The lowest BCUT2D eigenvalue weighted by Gasteiger charge is -2.38. The molecule has 100 valence electrons. The minimum absolute atomic E-state index is 0.182. The highest BCUT2D eigenvalue weighted by molar-refractivity contribution is 6.30. The summed E-state index contributed by atoms with van der Waals surface area (Å²) in [5.74, 6) is 0.787. The number of nitrogens with two attached hydrogens (primary N) is 1. The molecule has 0 bridgehead atoms. The van der Waals surface area contributed by atoms with Gasteiger partial charge in [0.15, 0.2) is 0 Å². The smallest absolute Gasteiger partial charge is 0.0409 e. The molecule has 2 atom stereocenters. The zero-order valence-electron chi connectivity index (χ0n) is 11.3. The number of hydrogen-bond donors (Lipinski definition) is 1. The first-order chi connectivity index (χ1) is 8.55. The number of hydrogen-bond acceptors (Lipinski definition) is 2. The molecule has 2 rings (SSSR count). The van der Waals surface area contributed by atoms with E-state index >= 15 is 0 Å². The van der Waals surface area contributed by atoms with Crippen molar-refractivity contribution in [3.05, 3.63) is 34.9 Å². The van der Waals surface area contributed by atoms with Gasteiger partial charge >= 0.3 is 0 Å². The molecule has 0 heterocycles. The molecule has 0 aliphatic heterocycles. The molecule has 0 spiro atoms. The van der Waals surface area contributed by atoms with Crippen molar-refractivity contribution in [1.82, 2.24) is 4.90 Å². The molecule has 0 radical (unpaired) electrons. The topological polar surface area (TPSA) is 29.3 Å². The largest absolute Gasteiger partial charge is 0.329 e. The summed E-state index contributed by atoms with van der Waals surface area (Å²) in [7, 11) is 2.19. The van der Waals surface area contributed by atoms with E-state index in [9.17, 15) is 0 Å². The molecule has 2 N–H and O–H groups in total. The molecule has 0 amide bonds. The SMILES string of the molecule is CC1CCC(CN)(N(C)Cc2cccc(Cl)c2)C1. The zero-order chi connectivity index (χ0) is 13.2. The van der Waals surface area contributed by atoms with E-state index in [2.05, 4.69) is 24.9 Å². The Balaban J connectivity index is 2.09. The van der Waals surface area contributed by atoms with Gasteiger partial charge < -0.3 is 5.73 Å². The Bertz CT molecular complexity index is 407. The molecule has 1 aromatic carbocycles. The van der Waals surface area contributed by atoms with Gasteiger partial charge in [0.1, 0.15) is 0 Å². The van der Waals surface area contributed by atoms with Crippen LogP contribution in [0.5, 0.6) is 0 Å². The first kappa shape index (κ1) is 13.9. The van der Waals surface area contributed by atoms with Gasteiger partial charge in [0.2, 0.25) is 0 Å². The molecule has 1 fully saturated rings. The van der Waals surface area contributed by atoms with Gasteiger partial charge in [-0.25, -0.2) is 0 Å². The van der Waals surface area contributed by atoms with Gasteiger partial charge in [-0.15, -0.1) is 0 Å². The third-order valence-corrected chi connectivity index (χ3v) is 4.56. The first-order valence-electron chi connectivity index (χ1n) is 6.71. The summed E-state index contributed by atoms with van der Waals surface area (Å²) in [6, 6.07) is 8.10. The van der Waals surface area contributed by atoms with E-state index in [1.165, 1.54) is 24.8 Å². The number of halogens is 1. The number of benzene rings is 1. The highest BCUT2D eigenvalue weighted by Gasteiger charge is 2.39. The van der Waals surface area contributed by atoms with Crippen LogP contribution < -0.4 is 5.73 Å². The van der Waals surface area contributed by atoms with E-state index < -0.39 is 0 Å². The second kappa shape index (κ2) is 5.60. The summed E-state index contributed by atoms with van der Waals surface area (Å²) in [6.45, 7) is 3.99. The van der Waals surface area contributed by atoms with Crippen molar-refractivity contribution in [2.24, 2.45) is 11.7 Å². The molecule has 1 aliphatic carbocycles. The fourth-order valence-corrected chi connectivity index (χ4v) is 3.35. The minimum atomic E-state index is 0.182. The number of likely N-dealkylation sites (N-methyl/N-ethyl adjacent to an activating group) is 1. The van der Waals surface area contributed by atoms with Crippen LogP contribution in [0.15, 0.2) is 24.3 Å². The van der Waals surface area contributed by atoms with Crippen LogP contribution in [0.3, 0.4) is 0 Å². The van der Waals surface area contributed by atoms with Gasteiger partial charge in [-0.2, -0.15) is 0 Å². The number of nitrogens with zero attached hydrogens (tertiary/aromatic N) is 1. The van der Waals surface area contributed by atoms with Gasteiger partial charge in [-0.1, -0.05) is 30.7 Å². The number of rotatable bonds is 4. The standard InChI is InChI=1S/C15H23ClN2/c1-12-6-7-15(9-12,11-17)18(2)10-13-4-3-5-14(16)8-13/h3-5,8,12H,6-7,9-11,17H2,1-2H3. The summed E-state index contributed by atoms with van der Waals surface area (Å²) in [5.41, 5.74) is 7.49. The van der Waals surface area contributed by atoms with Crippen LogP contribution in [-0.4, -0.2) is 24.0 Å². The van der Waals surface area contributed by atoms with Gasteiger partial charge in [-0.3, -0.25) is 4.90 Å². The van der Waals surface area contributed by atoms with Gasteiger partial charge in [0.05, 0.1) is 0 Å². The fraction of sp³-hybridized carbons (Fsp3) is 0.600. The van der Waals surface area contributed by atoms with Crippen LogP contribution in [0.25, 0.3) is 0 Å². The average Bonchev–Trinajstić information content (AvgIpc) is 2.72. The fourth-order valence-electron chi connectivity index (χ4n) is 3.13. The average molecular weight is 267 g/mol. The summed E-state index contributed by atoms with van der Waals surface area (Å²) in [6.07, 6.45) is 3.71. The van der Waals surface area contributed by atoms with E-state index in [1.807, 2.05) is 18.2 Å². The Hall–Kier alpha value is -0.570. The summed E-state index contributed by atoms with van der Waals surface area (Å²) in [5, 5.41) is 0.808. The van der Waals surface area contributed by atoms with Crippen LogP contribution in [0, 0.1) is 5.92 Å². The second-order valence-corrected chi connectivity index (χ2v) is 6.20. The molecule has 18 heavy (non-hydrogen) atoms. The maximum Gasteiger partial charge on any atom is 0.0409 e. The molecule has 2 nitrogen and oxygen atoms in total. The Morgan fingerprint density at radius 1 is 1.50 bits per heavy atom. The van der Waals surface area contributed by atoms with Crippen LogP contribution in [0.2, 0.25) is 5.02 Å². The normalized spacial score (nSPS) is 27.9. The van der Waals surface area contributed by atoms with Crippen molar-refractivity contribution in [2.45, 2.75) is 38.3 Å². The van der Waals surface area contributed by atoms with Crippen LogP contribution in [0.1, 0.15) is 31.7 Å². The lowest BCUT2D eigenvalue weighted by Crippen LogP contribution is -2.49. The summed E-state index contributed by atoms with van der Waals surface area (Å²) >= 11 is 6.04. The molecule has 1 aliphatic rings. The molecular weight excluding hydrogens is 244 g/mol. The van der Waals surface area contributed by atoms with E-state index in [0.717, 1.165) is 24.0 Å². The van der Waals surface area contributed by atoms with Crippen molar-refractivity contribution >= 4 is 11.6 Å². The molecule has 1 saturated carbocycles. The van der Waals surface area contributed by atoms with E-state index in [0.29, 0.717) is 0 Å². The monoisotopic (exact) mass is 266 g/mol. The van der Waals surface area contributed by atoms with Crippen LogP contribution >= 0.6 is 11.6 Å². The highest BCUT2D eigenvalue weighted by atomic mass is 35.5. The molecule has 3 heteroatoms. The molecule has 0 aromatic heterocycles. The van der Waals surface area contributed by atoms with Crippen molar-refractivity contribution in [1.29, 1.82) is 0 Å².